The summed E-state index contributed by atoms with van der Waals surface area (Å²) in [4.78, 5) is 0. The molecule has 2 aliphatic carbocycles. The summed E-state index contributed by atoms with van der Waals surface area (Å²) < 4.78 is 0. The number of allylic oxidation sites excluding steroid dienone is 8. The van der Waals surface area contributed by atoms with Gasteiger partial charge in [-0.05, 0) is 11.0 Å². The molecule has 2 aliphatic rings. The van der Waals surface area contributed by atoms with Gasteiger partial charge in [0, 0.05) is 0 Å². The Bertz CT molecular complexity index is 500. The molecule has 137 valence electrons. The fourth-order valence-corrected chi connectivity index (χ4v) is 2.81. The van der Waals surface area contributed by atoms with Crippen LogP contribution in [0.2, 0.25) is 0 Å². The van der Waals surface area contributed by atoms with E-state index in [1.807, 2.05) is 0 Å². The molecule has 0 aromatic carbocycles. The first-order valence-corrected chi connectivity index (χ1v) is 7.50. The Morgan fingerprint density at radius 1 is 0.583 bits per heavy atom. The van der Waals surface area contributed by atoms with E-state index in [1.165, 1.54) is 33.4 Å². The van der Waals surface area contributed by atoms with Gasteiger partial charge in [-0.2, -0.15) is 22.3 Å². The van der Waals surface area contributed by atoms with Crippen molar-refractivity contribution in [3.05, 3.63) is 45.6 Å². The van der Waals surface area contributed by atoms with Crippen LogP contribution in [0.3, 0.4) is 0 Å². The maximum Gasteiger partial charge on any atom is 2.00 e. The zero-order valence-electron chi connectivity index (χ0n) is 17.3. The molecule has 0 N–H and O–H groups in total. The van der Waals surface area contributed by atoms with E-state index >= 15 is 0 Å². The maximum atomic E-state index is 3.44. The van der Waals surface area contributed by atoms with Gasteiger partial charge in [-0.3, -0.25) is 12.2 Å². The SMILES string of the molecule is CC1=[C-]C(C)(C)C(C)=C1C.CC1=[C-]C(C)(C)C(C)=C1C.Cl.Cl.[SiH3].[Ti+2]. The summed E-state index contributed by atoms with van der Waals surface area (Å²) in [6.45, 7) is 21.8. The monoisotopic (exact) mass is 421 g/mol. The zero-order valence-corrected chi connectivity index (χ0v) is 22.5. The number of halogens is 2. The molecule has 4 heteroatoms. The van der Waals surface area contributed by atoms with E-state index in [4.69, 9.17) is 0 Å². The van der Waals surface area contributed by atoms with E-state index in [0.29, 0.717) is 0 Å². The van der Waals surface area contributed by atoms with E-state index in [2.05, 4.69) is 81.4 Å². The van der Waals surface area contributed by atoms with E-state index in [9.17, 15) is 0 Å². The predicted octanol–water partition coefficient (Wildman–Crippen LogP) is 5.88. The molecule has 0 amide bonds. The quantitative estimate of drug-likeness (QED) is 0.338. The largest absolute Gasteiger partial charge is 2.00 e. The van der Waals surface area contributed by atoms with Gasteiger partial charge in [0.05, 0.1) is 0 Å². The molecule has 0 bridgehead atoms. The van der Waals surface area contributed by atoms with Crippen LogP contribution in [0.5, 0.6) is 0 Å². The number of rotatable bonds is 0. The fraction of sp³-hybridized carbons (Fsp3) is 0.600. The van der Waals surface area contributed by atoms with Crippen LogP contribution in [-0.2, 0) is 21.7 Å². The van der Waals surface area contributed by atoms with E-state index < -0.39 is 0 Å². The van der Waals surface area contributed by atoms with Crippen molar-refractivity contribution in [2.24, 2.45) is 10.8 Å². The molecule has 0 aliphatic heterocycles. The summed E-state index contributed by atoms with van der Waals surface area (Å²) in [6.07, 6.45) is 6.87. The van der Waals surface area contributed by atoms with Gasteiger partial charge < -0.3 is 0 Å². The normalized spacial score (nSPS) is 19.6. The standard InChI is InChI=1S/2C10H15.2ClH.H3Si.Ti/c2*1-7-6-10(4,5)9(3)8(7)2;;;;/h2*1-5H3;2*1H;1H3;/q2*-1;;;;+2. The van der Waals surface area contributed by atoms with Crippen molar-refractivity contribution < 1.29 is 21.7 Å². The molecule has 0 saturated carbocycles. The second-order valence-corrected chi connectivity index (χ2v) is 7.25. The second kappa shape index (κ2) is 11.2. The average Bonchev–Trinajstić information content (AvgIpc) is 2.60. The van der Waals surface area contributed by atoms with Crippen LogP contribution in [0.4, 0.5) is 0 Å². The van der Waals surface area contributed by atoms with Gasteiger partial charge in [0.25, 0.3) is 0 Å². The third-order valence-electron chi connectivity index (χ3n) is 5.12. The van der Waals surface area contributed by atoms with E-state index in [1.54, 1.807) is 0 Å². The Kier molecular flexibility index (Phi) is 15.1. The molecular formula is C20H35Cl2SiTi. The molecule has 2 rings (SSSR count). The minimum atomic E-state index is 0. The van der Waals surface area contributed by atoms with Crippen molar-refractivity contribution in [1.82, 2.24) is 0 Å². The third-order valence-corrected chi connectivity index (χ3v) is 5.12. The minimum Gasteiger partial charge on any atom is -0.263 e. The fourth-order valence-electron chi connectivity index (χ4n) is 2.81. The summed E-state index contributed by atoms with van der Waals surface area (Å²) in [5, 5.41) is 0. The molecule has 24 heavy (non-hydrogen) atoms. The average molecular weight is 422 g/mol. The van der Waals surface area contributed by atoms with Crippen molar-refractivity contribution in [3.8, 4) is 0 Å². The first-order valence-electron chi connectivity index (χ1n) is 7.50. The zero-order chi connectivity index (χ0) is 15.9. The van der Waals surface area contributed by atoms with Crippen LogP contribution in [0.1, 0.15) is 69.2 Å². The molecule has 0 spiro atoms. The smallest absolute Gasteiger partial charge is 0.263 e. The first kappa shape index (κ1) is 32.2. The molecule has 0 aromatic heterocycles. The summed E-state index contributed by atoms with van der Waals surface area (Å²) in [6, 6.07) is 0. The van der Waals surface area contributed by atoms with Crippen LogP contribution in [-0.4, -0.2) is 11.0 Å². The molecule has 0 unspecified atom stereocenters. The number of hydrogen-bond acceptors (Lipinski definition) is 0. The van der Waals surface area contributed by atoms with Crippen molar-refractivity contribution in [3.63, 3.8) is 0 Å². The summed E-state index contributed by atoms with van der Waals surface area (Å²) in [5.41, 5.74) is 8.79. The number of hydrogen-bond donors (Lipinski definition) is 0. The van der Waals surface area contributed by atoms with Crippen molar-refractivity contribution in [1.29, 1.82) is 0 Å². The van der Waals surface area contributed by atoms with Gasteiger partial charge in [-0.15, -0.1) is 38.7 Å². The van der Waals surface area contributed by atoms with Crippen molar-refractivity contribution in [2.45, 2.75) is 69.2 Å². The second-order valence-electron chi connectivity index (χ2n) is 7.25. The predicted molar refractivity (Wildman–Crippen MR) is 114 cm³/mol. The summed E-state index contributed by atoms with van der Waals surface area (Å²) >= 11 is 0. The Balaban J connectivity index is -0.000000143. The molecule has 0 atom stereocenters. The molecule has 0 aromatic rings. The molecular weight excluding hydrogens is 387 g/mol. The molecule has 1 radical (unpaired) electrons. The van der Waals surface area contributed by atoms with Gasteiger partial charge in [0.2, 0.25) is 0 Å². The van der Waals surface area contributed by atoms with Gasteiger partial charge in [-0.1, -0.05) is 66.2 Å². The minimum absolute atomic E-state index is 0. The molecule has 0 heterocycles. The Hall–Kier alpha value is 0.471. The van der Waals surface area contributed by atoms with Crippen LogP contribution < -0.4 is 0 Å². The Morgan fingerprint density at radius 2 is 0.792 bits per heavy atom. The van der Waals surface area contributed by atoms with Gasteiger partial charge in [0.1, 0.15) is 0 Å². The Morgan fingerprint density at radius 3 is 0.833 bits per heavy atom. The maximum absolute atomic E-state index is 3.44. The van der Waals surface area contributed by atoms with E-state index in [-0.39, 0.29) is 68.3 Å². The summed E-state index contributed by atoms with van der Waals surface area (Å²) in [5.74, 6) is 0. The third kappa shape index (κ3) is 7.00. The van der Waals surface area contributed by atoms with Gasteiger partial charge >= 0.3 is 21.7 Å². The van der Waals surface area contributed by atoms with Crippen LogP contribution >= 0.6 is 24.8 Å². The van der Waals surface area contributed by atoms with Crippen LogP contribution in [0, 0.1) is 23.0 Å². The van der Waals surface area contributed by atoms with Crippen LogP contribution in [0.15, 0.2) is 33.4 Å². The van der Waals surface area contributed by atoms with Gasteiger partial charge in [-0.25, -0.2) is 11.1 Å². The topological polar surface area (TPSA) is 0 Å². The summed E-state index contributed by atoms with van der Waals surface area (Å²) in [7, 11) is 0. The van der Waals surface area contributed by atoms with E-state index in [0.717, 1.165) is 0 Å². The first-order chi connectivity index (χ1) is 8.90. The van der Waals surface area contributed by atoms with Crippen molar-refractivity contribution >= 4 is 35.8 Å². The van der Waals surface area contributed by atoms with Gasteiger partial charge in [0.15, 0.2) is 0 Å². The Labute approximate surface area is 182 Å². The molecule has 0 fully saturated rings. The van der Waals surface area contributed by atoms with Crippen LogP contribution in [0.25, 0.3) is 0 Å². The molecule has 0 nitrogen and oxygen atoms in total. The van der Waals surface area contributed by atoms with Crippen molar-refractivity contribution in [2.75, 3.05) is 0 Å². The molecule has 0 saturated heterocycles.